The molecule has 1 atom stereocenters. The third-order valence-electron chi connectivity index (χ3n) is 2.93. The lowest BCUT2D eigenvalue weighted by Gasteiger charge is -2.18. The van der Waals surface area contributed by atoms with Crippen LogP contribution in [0.25, 0.3) is 0 Å². The maximum atomic E-state index is 11.5. The van der Waals surface area contributed by atoms with Gasteiger partial charge in [-0.05, 0) is 19.8 Å². The van der Waals surface area contributed by atoms with Crippen molar-refractivity contribution in [3.8, 4) is 0 Å². The molecule has 0 aliphatic rings. The van der Waals surface area contributed by atoms with Crippen molar-refractivity contribution >= 4 is 5.97 Å². The van der Waals surface area contributed by atoms with Crippen molar-refractivity contribution in [2.45, 2.75) is 78.4 Å². The molecule has 3 heteroatoms. The highest BCUT2D eigenvalue weighted by molar-refractivity contribution is 5.86. The summed E-state index contributed by atoms with van der Waals surface area (Å²) in [5.41, 5.74) is 0.426. The fourth-order valence-corrected chi connectivity index (χ4v) is 1.67. The Hall–Kier alpha value is -0.830. The molecule has 0 aromatic rings. The van der Waals surface area contributed by atoms with Crippen LogP contribution < -0.4 is 0 Å². The number of carbonyl (C=O) groups excluding carboxylic acids is 1. The Morgan fingerprint density at radius 1 is 1.05 bits per heavy atom. The molecule has 3 nitrogen and oxygen atoms in total. The first-order valence-corrected chi connectivity index (χ1v) is 7.59. The van der Waals surface area contributed by atoms with Crippen LogP contribution in [0.4, 0.5) is 0 Å². The molecule has 0 bridgehead atoms. The molecular formula is C16H30O3. The van der Waals surface area contributed by atoms with E-state index in [2.05, 4.69) is 20.4 Å². The molecule has 0 amide bonds. The lowest BCUT2D eigenvalue weighted by atomic mass is 10.1. The molecule has 0 aliphatic heterocycles. The van der Waals surface area contributed by atoms with E-state index in [4.69, 9.17) is 9.47 Å². The molecule has 19 heavy (non-hydrogen) atoms. The van der Waals surface area contributed by atoms with Gasteiger partial charge in [-0.15, -0.1) is 0 Å². The molecule has 0 N–H and O–H groups in total. The van der Waals surface area contributed by atoms with Crippen molar-refractivity contribution in [3.05, 3.63) is 12.2 Å². The van der Waals surface area contributed by atoms with Crippen LogP contribution in [0.5, 0.6) is 0 Å². The summed E-state index contributed by atoms with van der Waals surface area (Å²) in [4.78, 5) is 11.5. The van der Waals surface area contributed by atoms with E-state index in [1.54, 1.807) is 6.92 Å². The fraction of sp³-hybridized carbons (Fsp3) is 0.812. The summed E-state index contributed by atoms with van der Waals surface area (Å²) in [6, 6.07) is 0. The van der Waals surface area contributed by atoms with E-state index in [0.717, 1.165) is 25.7 Å². The number of hydrogen-bond acceptors (Lipinski definition) is 3. The molecule has 0 heterocycles. The van der Waals surface area contributed by atoms with Crippen LogP contribution in [0.3, 0.4) is 0 Å². The van der Waals surface area contributed by atoms with Crippen molar-refractivity contribution in [2.24, 2.45) is 0 Å². The van der Waals surface area contributed by atoms with Crippen LogP contribution in [0.1, 0.15) is 72.1 Å². The summed E-state index contributed by atoms with van der Waals surface area (Å²) in [5, 5.41) is 0. The van der Waals surface area contributed by atoms with Gasteiger partial charge in [-0.25, -0.2) is 4.79 Å². The zero-order valence-electron chi connectivity index (χ0n) is 12.9. The van der Waals surface area contributed by atoms with Gasteiger partial charge in [-0.2, -0.15) is 0 Å². The lowest BCUT2D eigenvalue weighted by Crippen LogP contribution is -2.22. The van der Waals surface area contributed by atoms with Crippen LogP contribution in [0, 0.1) is 0 Å². The standard InChI is InChI=1S/C16H30O3/c1-5-7-9-10-11-12-15(18-13-8-6-2)19-16(17)14(3)4/h15H,3,5-13H2,1-2,4H3. The quantitative estimate of drug-likeness (QED) is 0.225. The Labute approximate surface area is 118 Å². The Morgan fingerprint density at radius 3 is 2.26 bits per heavy atom. The number of ether oxygens (including phenoxy) is 2. The molecule has 0 aromatic carbocycles. The van der Waals surface area contributed by atoms with E-state index in [1.165, 1.54) is 25.7 Å². The third-order valence-corrected chi connectivity index (χ3v) is 2.93. The molecule has 0 aliphatic carbocycles. The summed E-state index contributed by atoms with van der Waals surface area (Å²) >= 11 is 0. The van der Waals surface area contributed by atoms with Crippen molar-refractivity contribution in [1.29, 1.82) is 0 Å². The van der Waals surface area contributed by atoms with E-state index in [-0.39, 0.29) is 5.97 Å². The Bertz CT molecular complexity index is 248. The highest BCUT2D eigenvalue weighted by Gasteiger charge is 2.14. The lowest BCUT2D eigenvalue weighted by molar-refractivity contribution is -0.176. The van der Waals surface area contributed by atoms with E-state index in [9.17, 15) is 4.79 Å². The maximum absolute atomic E-state index is 11.5. The summed E-state index contributed by atoms with van der Waals surface area (Å²) in [5.74, 6) is -0.352. The van der Waals surface area contributed by atoms with Gasteiger partial charge in [0.1, 0.15) is 0 Å². The van der Waals surface area contributed by atoms with Gasteiger partial charge < -0.3 is 9.47 Å². The molecular weight excluding hydrogens is 240 g/mol. The van der Waals surface area contributed by atoms with Crippen LogP contribution in [0.15, 0.2) is 12.2 Å². The number of carbonyl (C=O) groups is 1. The molecule has 0 rings (SSSR count). The molecule has 1 unspecified atom stereocenters. The predicted molar refractivity (Wildman–Crippen MR) is 78.9 cm³/mol. The maximum Gasteiger partial charge on any atom is 0.335 e. The number of unbranched alkanes of at least 4 members (excludes halogenated alkanes) is 5. The minimum absolute atomic E-state index is 0.352. The average molecular weight is 270 g/mol. The molecule has 112 valence electrons. The summed E-state index contributed by atoms with van der Waals surface area (Å²) in [6.07, 6.45) is 8.42. The van der Waals surface area contributed by atoms with Crippen LogP contribution in [-0.4, -0.2) is 18.9 Å². The van der Waals surface area contributed by atoms with Gasteiger partial charge in [0.15, 0.2) is 0 Å². The van der Waals surface area contributed by atoms with Crippen LogP contribution >= 0.6 is 0 Å². The minimum atomic E-state index is -0.405. The first kappa shape index (κ1) is 18.2. The van der Waals surface area contributed by atoms with E-state index >= 15 is 0 Å². The van der Waals surface area contributed by atoms with Gasteiger partial charge in [0.2, 0.25) is 6.29 Å². The van der Waals surface area contributed by atoms with E-state index in [1.807, 2.05) is 0 Å². The minimum Gasteiger partial charge on any atom is -0.432 e. The second-order valence-corrected chi connectivity index (χ2v) is 5.04. The first-order valence-electron chi connectivity index (χ1n) is 7.59. The normalized spacial score (nSPS) is 12.2. The number of rotatable bonds is 12. The molecule has 0 saturated heterocycles. The van der Waals surface area contributed by atoms with Crippen LogP contribution in [-0.2, 0) is 14.3 Å². The zero-order valence-corrected chi connectivity index (χ0v) is 12.9. The predicted octanol–water partition coefficient (Wildman–Crippen LogP) is 4.61. The monoisotopic (exact) mass is 270 g/mol. The van der Waals surface area contributed by atoms with Crippen molar-refractivity contribution in [2.75, 3.05) is 6.61 Å². The second-order valence-electron chi connectivity index (χ2n) is 5.04. The number of esters is 1. The van der Waals surface area contributed by atoms with Gasteiger partial charge in [0.25, 0.3) is 0 Å². The molecule has 0 radical (unpaired) electrons. The van der Waals surface area contributed by atoms with Gasteiger partial charge in [0.05, 0.1) is 6.61 Å². The fourth-order valence-electron chi connectivity index (χ4n) is 1.67. The van der Waals surface area contributed by atoms with Crippen molar-refractivity contribution < 1.29 is 14.3 Å². The molecule has 0 spiro atoms. The summed E-state index contributed by atoms with van der Waals surface area (Å²) < 4.78 is 10.9. The Balaban J connectivity index is 3.95. The molecule has 0 aromatic heterocycles. The van der Waals surface area contributed by atoms with E-state index < -0.39 is 6.29 Å². The number of hydrogen-bond donors (Lipinski definition) is 0. The average Bonchev–Trinajstić information content (AvgIpc) is 2.38. The summed E-state index contributed by atoms with van der Waals surface area (Å²) in [6.45, 7) is 10.2. The van der Waals surface area contributed by atoms with Crippen LogP contribution in [0.2, 0.25) is 0 Å². The zero-order chi connectivity index (χ0) is 14.5. The second kappa shape index (κ2) is 12.2. The smallest absolute Gasteiger partial charge is 0.335 e. The van der Waals surface area contributed by atoms with Gasteiger partial charge >= 0.3 is 5.97 Å². The van der Waals surface area contributed by atoms with Gasteiger partial charge in [-0.3, -0.25) is 0 Å². The highest BCUT2D eigenvalue weighted by Crippen LogP contribution is 2.12. The Morgan fingerprint density at radius 2 is 1.68 bits per heavy atom. The van der Waals surface area contributed by atoms with E-state index in [0.29, 0.717) is 12.2 Å². The third kappa shape index (κ3) is 10.8. The molecule has 0 saturated carbocycles. The highest BCUT2D eigenvalue weighted by atomic mass is 16.7. The Kier molecular flexibility index (Phi) is 11.7. The first-order chi connectivity index (χ1) is 9.11. The topological polar surface area (TPSA) is 35.5 Å². The molecule has 0 fully saturated rings. The van der Waals surface area contributed by atoms with Gasteiger partial charge in [-0.1, -0.05) is 52.5 Å². The largest absolute Gasteiger partial charge is 0.432 e. The summed E-state index contributed by atoms with van der Waals surface area (Å²) in [7, 11) is 0. The van der Waals surface area contributed by atoms with Crippen molar-refractivity contribution in [1.82, 2.24) is 0 Å². The SMILES string of the molecule is C=C(C)C(=O)OC(CCCCCCC)OCCCC. The van der Waals surface area contributed by atoms with Gasteiger partial charge in [0, 0.05) is 12.0 Å². The van der Waals surface area contributed by atoms with Crippen molar-refractivity contribution in [3.63, 3.8) is 0 Å².